The van der Waals surface area contributed by atoms with Gasteiger partial charge in [0, 0.05) is 5.56 Å². The molecule has 0 radical (unpaired) electrons. The first-order valence-electron chi connectivity index (χ1n) is 6.74. The molecule has 2 aromatic rings. The highest BCUT2D eigenvalue weighted by Crippen LogP contribution is 2.31. The molecule has 0 saturated heterocycles. The van der Waals surface area contributed by atoms with E-state index in [9.17, 15) is 9.90 Å². The number of nitrogens with zero attached hydrogens (tertiary/aromatic N) is 4. The van der Waals surface area contributed by atoms with Crippen LogP contribution in [-0.2, 0) is 11.3 Å². The standard InChI is InChI=1S/C14H16N4O3/c19-8-12-11-3-1-2-4-13(11)21-6-5-18(12)14(20)7-17-10-15-9-16-17/h1-4,9-10,12,19H,5-8H2. The van der Waals surface area contributed by atoms with Crippen molar-refractivity contribution in [2.45, 2.75) is 12.6 Å². The summed E-state index contributed by atoms with van der Waals surface area (Å²) in [4.78, 5) is 17.9. The van der Waals surface area contributed by atoms with Gasteiger partial charge in [0.2, 0.25) is 5.91 Å². The van der Waals surface area contributed by atoms with E-state index in [0.717, 1.165) is 5.56 Å². The van der Waals surface area contributed by atoms with Gasteiger partial charge in [-0.1, -0.05) is 18.2 Å². The minimum absolute atomic E-state index is 0.0959. The van der Waals surface area contributed by atoms with Crippen molar-refractivity contribution in [2.75, 3.05) is 19.8 Å². The van der Waals surface area contributed by atoms with Gasteiger partial charge in [-0.2, -0.15) is 5.10 Å². The van der Waals surface area contributed by atoms with E-state index in [1.54, 1.807) is 4.90 Å². The molecule has 1 amide bonds. The largest absolute Gasteiger partial charge is 0.491 e. The SMILES string of the molecule is O=C(Cn1cncn1)N1CCOc2ccccc2C1CO. The third kappa shape index (κ3) is 2.73. The Kier molecular flexibility index (Phi) is 3.83. The van der Waals surface area contributed by atoms with Crippen molar-refractivity contribution in [1.29, 1.82) is 0 Å². The summed E-state index contributed by atoms with van der Waals surface area (Å²) >= 11 is 0. The van der Waals surface area contributed by atoms with Crippen LogP contribution in [0, 0.1) is 0 Å². The van der Waals surface area contributed by atoms with Gasteiger partial charge < -0.3 is 14.7 Å². The first-order chi connectivity index (χ1) is 10.3. The van der Waals surface area contributed by atoms with Crippen LogP contribution in [0.1, 0.15) is 11.6 Å². The molecule has 7 nitrogen and oxygen atoms in total. The molecule has 0 spiro atoms. The van der Waals surface area contributed by atoms with Crippen LogP contribution in [0.2, 0.25) is 0 Å². The summed E-state index contributed by atoms with van der Waals surface area (Å²) in [7, 11) is 0. The third-order valence-corrected chi connectivity index (χ3v) is 3.50. The number of para-hydroxylation sites is 1. The van der Waals surface area contributed by atoms with Crippen molar-refractivity contribution in [3.05, 3.63) is 42.5 Å². The zero-order valence-electron chi connectivity index (χ0n) is 11.4. The lowest BCUT2D eigenvalue weighted by Gasteiger charge is -2.28. The van der Waals surface area contributed by atoms with Gasteiger partial charge in [0.05, 0.1) is 19.2 Å². The molecule has 21 heavy (non-hydrogen) atoms. The summed E-state index contributed by atoms with van der Waals surface area (Å²) in [5.41, 5.74) is 0.824. The average molecular weight is 288 g/mol. The number of aliphatic hydroxyl groups excluding tert-OH is 1. The van der Waals surface area contributed by atoms with Gasteiger partial charge in [0.25, 0.3) is 0 Å². The molecule has 1 aromatic carbocycles. The lowest BCUT2D eigenvalue weighted by Crippen LogP contribution is -2.39. The second-order valence-corrected chi connectivity index (χ2v) is 4.76. The van der Waals surface area contributed by atoms with E-state index in [2.05, 4.69) is 10.1 Å². The van der Waals surface area contributed by atoms with E-state index in [4.69, 9.17) is 4.74 Å². The van der Waals surface area contributed by atoms with Crippen molar-refractivity contribution < 1.29 is 14.6 Å². The first-order valence-corrected chi connectivity index (χ1v) is 6.74. The van der Waals surface area contributed by atoms with Gasteiger partial charge in [-0.05, 0) is 6.07 Å². The van der Waals surface area contributed by atoms with E-state index >= 15 is 0 Å². The van der Waals surface area contributed by atoms with E-state index in [1.807, 2.05) is 24.3 Å². The number of carbonyl (C=O) groups excluding carboxylic acids is 1. The fraction of sp³-hybridized carbons (Fsp3) is 0.357. The van der Waals surface area contributed by atoms with Gasteiger partial charge in [-0.25, -0.2) is 9.67 Å². The van der Waals surface area contributed by atoms with Gasteiger partial charge in [0.15, 0.2) is 0 Å². The van der Waals surface area contributed by atoms with Gasteiger partial charge in [-0.3, -0.25) is 4.79 Å². The Bertz CT molecular complexity index is 614. The normalized spacial score (nSPS) is 17.8. The second-order valence-electron chi connectivity index (χ2n) is 4.76. The number of aromatic nitrogens is 3. The smallest absolute Gasteiger partial charge is 0.245 e. The fourth-order valence-electron chi connectivity index (χ4n) is 2.50. The van der Waals surface area contributed by atoms with E-state index in [1.165, 1.54) is 17.3 Å². The van der Waals surface area contributed by atoms with Crippen molar-refractivity contribution in [2.24, 2.45) is 0 Å². The Hall–Kier alpha value is -2.41. The number of hydrogen-bond donors (Lipinski definition) is 1. The molecule has 1 N–H and O–H groups in total. The zero-order chi connectivity index (χ0) is 14.7. The number of amides is 1. The Balaban J connectivity index is 1.85. The predicted octanol–water partition coefficient (Wildman–Crippen LogP) is 0.233. The lowest BCUT2D eigenvalue weighted by molar-refractivity contribution is -0.135. The second kappa shape index (κ2) is 5.92. The number of fused-ring (bicyclic) bond motifs is 1. The van der Waals surface area contributed by atoms with E-state index in [-0.39, 0.29) is 19.1 Å². The molecule has 1 aliphatic rings. The lowest BCUT2D eigenvalue weighted by atomic mass is 10.1. The number of benzene rings is 1. The maximum absolute atomic E-state index is 12.5. The van der Waals surface area contributed by atoms with Crippen LogP contribution in [0.4, 0.5) is 0 Å². The molecular weight excluding hydrogens is 272 g/mol. The maximum Gasteiger partial charge on any atom is 0.245 e. The van der Waals surface area contributed by atoms with Gasteiger partial charge in [-0.15, -0.1) is 0 Å². The molecular formula is C14H16N4O3. The van der Waals surface area contributed by atoms with Crippen molar-refractivity contribution in [1.82, 2.24) is 19.7 Å². The molecule has 1 atom stereocenters. The zero-order valence-corrected chi connectivity index (χ0v) is 11.4. The van der Waals surface area contributed by atoms with Crippen LogP contribution >= 0.6 is 0 Å². The summed E-state index contributed by atoms with van der Waals surface area (Å²) < 4.78 is 7.12. The Labute approximate surface area is 121 Å². The van der Waals surface area contributed by atoms with Gasteiger partial charge >= 0.3 is 0 Å². The third-order valence-electron chi connectivity index (χ3n) is 3.50. The molecule has 1 aromatic heterocycles. The number of carbonyl (C=O) groups is 1. The number of hydrogen-bond acceptors (Lipinski definition) is 5. The van der Waals surface area contributed by atoms with Crippen LogP contribution in [0.3, 0.4) is 0 Å². The summed E-state index contributed by atoms with van der Waals surface area (Å²) in [6.07, 6.45) is 2.88. The first kappa shape index (κ1) is 13.6. The molecule has 7 heteroatoms. The van der Waals surface area contributed by atoms with Crippen molar-refractivity contribution >= 4 is 5.91 Å². The minimum Gasteiger partial charge on any atom is -0.491 e. The number of rotatable bonds is 3. The molecule has 0 fully saturated rings. The topological polar surface area (TPSA) is 80.5 Å². The van der Waals surface area contributed by atoms with Crippen molar-refractivity contribution in [3.8, 4) is 5.75 Å². The minimum atomic E-state index is -0.403. The summed E-state index contributed by atoms with van der Waals surface area (Å²) in [5, 5.41) is 13.7. The molecule has 2 heterocycles. The molecule has 1 unspecified atom stereocenters. The fourth-order valence-corrected chi connectivity index (χ4v) is 2.50. The highest BCUT2D eigenvalue weighted by atomic mass is 16.5. The van der Waals surface area contributed by atoms with Crippen LogP contribution in [0.15, 0.2) is 36.9 Å². The quantitative estimate of drug-likeness (QED) is 0.874. The Morgan fingerprint density at radius 3 is 3.05 bits per heavy atom. The molecule has 1 aliphatic heterocycles. The number of aliphatic hydroxyl groups is 1. The number of ether oxygens (including phenoxy) is 1. The van der Waals surface area contributed by atoms with Gasteiger partial charge in [0.1, 0.15) is 31.6 Å². The summed E-state index contributed by atoms with van der Waals surface area (Å²) in [6.45, 7) is 0.770. The molecule has 3 rings (SSSR count). The van der Waals surface area contributed by atoms with Crippen LogP contribution in [0.5, 0.6) is 5.75 Å². The molecule has 0 bridgehead atoms. The Morgan fingerprint density at radius 2 is 2.29 bits per heavy atom. The van der Waals surface area contributed by atoms with E-state index in [0.29, 0.717) is 18.9 Å². The van der Waals surface area contributed by atoms with E-state index < -0.39 is 6.04 Å². The Morgan fingerprint density at radius 1 is 1.43 bits per heavy atom. The molecule has 0 aliphatic carbocycles. The molecule has 0 saturated carbocycles. The molecule has 110 valence electrons. The predicted molar refractivity (Wildman–Crippen MR) is 73.5 cm³/mol. The average Bonchev–Trinajstić information content (AvgIpc) is 2.92. The monoisotopic (exact) mass is 288 g/mol. The maximum atomic E-state index is 12.5. The highest BCUT2D eigenvalue weighted by molar-refractivity contribution is 5.76. The van der Waals surface area contributed by atoms with Crippen molar-refractivity contribution in [3.63, 3.8) is 0 Å². The highest BCUT2D eigenvalue weighted by Gasteiger charge is 2.29. The summed E-state index contributed by atoms with van der Waals surface area (Å²) in [6, 6.07) is 7.07. The van der Waals surface area contributed by atoms with Crippen LogP contribution in [-0.4, -0.2) is 50.4 Å². The summed E-state index contributed by atoms with van der Waals surface area (Å²) in [5.74, 6) is 0.590. The van der Waals surface area contributed by atoms with Crippen LogP contribution < -0.4 is 4.74 Å². The van der Waals surface area contributed by atoms with Crippen LogP contribution in [0.25, 0.3) is 0 Å².